The number of alkyl halides is 1. The summed E-state index contributed by atoms with van der Waals surface area (Å²) in [5.74, 6) is -0.152. The molecule has 2 aromatic rings. The Morgan fingerprint density at radius 2 is 2.00 bits per heavy atom. The first-order chi connectivity index (χ1) is 7.08. The first kappa shape index (κ1) is 9.98. The molecule has 0 unspecified atom stereocenters. The number of hydrogen-bond donors (Lipinski definition) is 2. The molecule has 0 saturated heterocycles. The molecule has 0 aliphatic rings. The van der Waals surface area contributed by atoms with Crippen LogP contribution in [0.1, 0.15) is 17.3 Å². The zero-order valence-electron chi connectivity index (χ0n) is 8.00. The summed E-state index contributed by atoms with van der Waals surface area (Å²) in [6.07, 6.45) is 0. The molecule has 0 bridgehead atoms. The van der Waals surface area contributed by atoms with Gasteiger partial charge in [0.05, 0.1) is 16.4 Å². The SMILES string of the molecule is C[C@H](Cl)C(=O)c1ccc2[nH]c(=O)[nH]c2c1. The molecule has 0 aliphatic heterocycles. The van der Waals surface area contributed by atoms with Crippen LogP contribution in [-0.2, 0) is 0 Å². The van der Waals surface area contributed by atoms with E-state index in [0.717, 1.165) is 0 Å². The van der Waals surface area contributed by atoms with Crippen molar-refractivity contribution < 1.29 is 4.79 Å². The van der Waals surface area contributed by atoms with E-state index in [2.05, 4.69) is 9.97 Å². The van der Waals surface area contributed by atoms with Crippen molar-refractivity contribution in [1.29, 1.82) is 0 Å². The van der Waals surface area contributed by atoms with Crippen LogP contribution in [0.5, 0.6) is 0 Å². The number of H-pyrrole nitrogens is 2. The van der Waals surface area contributed by atoms with Crippen molar-refractivity contribution in [2.45, 2.75) is 12.3 Å². The fourth-order valence-electron chi connectivity index (χ4n) is 1.42. The molecule has 0 saturated carbocycles. The van der Waals surface area contributed by atoms with E-state index in [9.17, 15) is 9.59 Å². The molecule has 78 valence electrons. The van der Waals surface area contributed by atoms with E-state index in [4.69, 9.17) is 11.6 Å². The molecule has 0 spiro atoms. The van der Waals surface area contributed by atoms with Gasteiger partial charge in [-0.05, 0) is 25.1 Å². The maximum Gasteiger partial charge on any atom is 0.323 e. The van der Waals surface area contributed by atoms with Gasteiger partial charge >= 0.3 is 5.69 Å². The predicted octanol–water partition coefficient (Wildman–Crippen LogP) is 1.67. The molecular weight excluding hydrogens is 216 g/mol. The van der Waals surface area contributed by atoms with Gasteiger partial charge in [-0.2, -0.15) is 0 Å². The Labute approximate surface area is 90.3 Å². The summed E-state index contributed by atoms with van der Waals surface area (Å²) >= 11 is 5.69. The maximum atomic E-state index is 11.6. The van der Waals surface area contributed by atoms with Gasteiger partial charge in [-0.15, -0.1) is 11.6 Å². The van der Waals surface area contributed by atoms with Gasteiger partial charge in [0, 0.05) is 5.56 Å². The second-order valence-electron chi connectivity index (χ2n) is 3.32. The summed E-state index contributed by atoms with van der Waals surface area (Å²) in [7, 11) is 0. The van der Waals surface area contributed by atoms with Crippen LogP contribution >= 0.6 is 11.6 Å². The predicted molar refractivity (Wildman–Crippen MR) is 58.6 cm³/mol. The van der Waals surface area contributed by atoms with Gasteiger partial charge in [-0.3, -0.25) is 4.79 Å². The summed E-state index contributed by atoms with van der Waals surface area (Å²) < 4.78 is 0. The Balaban J connectivity index is 2.55. The van der Waals surface area contributed by atoms with E-state index in [-0.39, 0.29) is 11.5 Å². The first-order valence-electron chi connectivity index (χ1n) is 4.48. The van der Waals surface area contributed by atoms with Crippen LogP contribution in [0.15, 0.2) is 23.0 Å². The van der Waals surface area contributed by atoms with Crippen molar-refractivity contribution >= 4 is 28.4 Å². The van der Waals surface area contributed by atoms with Crippen molar-refractivity contribution in [1.82, 2.24) is 9.97 Å². The largest absolute Gasteiger partial charge is 0.323 e. The van der Waals surface area contributed by atoms with Crippen LogP contribution in [-0.4, -0.2) is 21.1 Å². The quantitative estimate of drug-likeness (QED) is 0.602. The topological polar surface area (TPSA) is 65.7 Å². The summed E-state index contributed by atoms with van der Waals surface area (Å²) in [5, 5.41) is -0.562. The van der Waals surface area contributed by atoms with Gasteiger partial charge in [0.25, 0.3) is 0 Å². The molecule has 0 aliphatic carbocycles. The van der Waals surface area contributed by atoms with Crippen LogP contribution in [0.3, 0.4) is 0 Å². The van der Waals surface area contributed by atoms with Gasteiger partial charge in [-0.1, -0.05) is 0 Å². The van der Waals surface area contributed by atoms with Crippen LogP contribution < -0.4 is 5.69 Å². The summed E-state index contributed by atoms with van der Waals surface area (Å²) in [6, 6.07) is 4.95. The number of halogens is 1. The second-order valence-corrected chi connectivity index (χ2v) is 3.97. The normalized spacial score (nSPS) is 12.9. The lowest BCUT2D eigenvalue weighted by Crippen LogP contribution is -2.10. The Kier molecular flexibility index (Phi) is 2.36. The van der Waals surface area contributed by atoms with E-state index in [1.807, 2.05) is 0 Å². The third-order valence-corrected chi connectivity index (χ3v) is 2.36. The molecule has 1 aromatic heterocycles. The lowest BCUT2D eigenvalue weighted by atomic mass is 10.1. The average Bonchev–Trinajstić information content (AvgIpc) is 2.55. The van der Waals surface area contributed by atoms with E-state index in [1.165, 1.54) is 0 Å². The zero-order chi connectivity index (χ0) is 11.0. The number of fused-ring (bicyclic) bond motifs is 1. The van der Waals surface area contributed by atoms with E-state index in [0.29, 0.717) is 16.6 Å². The van der Waals surface area contributed by atoms with E-state index < -0.39 is 5.38 Å². The molecule has 2 N–H and O–H groups in total. The highest BCUT2D eigenvalue weighted by atomic mass is 35.5. The molecule has 2 rings (SSSR count). The highest BCUT2D eigenvalue weighted by Gasteiger charge is 2.12. The molecule has 1 aromatic carbocycles. The second kappa shape index (κ2) is 3.55. The number of rotatable bonds is 2. The number of hydrogen-bond acceptors (Lipinski definition) is 2. The van der Waals surface area contributed by atoms with Crippen LogP contribution in [0.4, 0.5) is 0 Å². The lowest BCUT2D eigenvalue weighted by molar-refractivity contribution is 0.0992. The third kappa shape index (κ3) is 1.80. The number of ketones is 1. The number of carbonyl (C=O) groups excluding carboxylic acids is 1. The maximum absolute atomic E-state index is 11.6. The molecule has 0 amide bonds. The smallest absolute Gasteiger partial charge is 0.306 e. The van der Waals surface area contributed by atoms with Crippen molar-refractivity contribution in [3.8, 4) is 0 Å². The molecule has 1 heterocycles. The molecule has 5 heteroatoms. The van der Waals surface area contributed by atoms with E-state index >= 15 is 0 Å². The Morgan fingerprint density at radius 1 is 1.33 bits per heavy atom. The standard InChI is InChI=1S/C10H9ClN2O2/c1-5(11)9(14)6-2-3-7-8(4-6)13-10(15)12-7/h2-5H,1H3,(H2,12,13,15)/t5-/m0/s1. The summed E-state index contributed by atoms with van der Waals surface area (Å²) in [6.45, 7) is 1.62. The van der Waals surface area contributed by atoms with Crippen LogP contribution in [0, 0.1) is 0 Å². The lowest BCUT2D eigenvalue weighted by Gasteiger charge is -2.01. The third-order valence-electron chi connectivity index (χ3n) is 2.16. The zero-order valence-corrected chi connectivity index (χ0v) is 8.76. The first-order valence-corrected chi connectivity index (χ1v) is 4.92. The Bertz CT molecular complexity index is 568. The highest BCUT2D eigenvalue weighted by Crippen LogP contribution is 2.13. The monoisotopic (exact) mass is 224 g/mol. The van der Waals surface area contributed by atoms with Crippen molar-refractivity contribution in [2.75, 3.05) is 0 Å². The van der Waals surface area contributed by atoms with E-state index in [1.54, 1.807) is 25.1 Å². The van der Waals surface area contributed by atoms with Crippen LogP contribution in [0.2, 0.25) is 0 Å². The minimum Gasteiger partial charge on any atom is -0.306 e. The van der Waals surface area contributed by atoms with Crippen molar-refractivity contribution in [3.05, 3.63) is 34.2 Å². The number of imidazole rings is 1. The number of Topliss-reactive ketones (excluding diaryl/α,β-unsaturated/α-hetero) is 1. The van der Waals surface area contributed by atoms with Gasteiger partial charge in [-0.25, -0.2) is 4.79 Å². The average molecular weight is 225 g/mol. The number of aromatic nitrogens is 2. The van der Waals surface area contributed by atoms with Gasteiger partial charge < -0.3 is 9.97 Å². The molecule has 0 radical (unpaired) electrons. The minimum absolute atomic E-state index is 0.152. The van der Waals surface area contributed by atoms with Gasteiger partial charge in [0.1, 0.15) is 0 Å². The molecular formula is C10H9ClN2O2. The summed E-state index contributed by atoms with van der Waals surface area (Å²) in [4.78, 5) is 27.7. The molecule has 4 nitrogen and oxygen atoms in total. The Morgan fingerprint density at radius 3 is 2.67 bits per heavy atom. The van der Waals surface area contributed by atoms with Crippen molar-refractivity contribution in [2.24, 2.45) is 0 Å². The molecule has 1 atom stereocenters. The van der Waals surface area contributed by atoms with Crippen LogP contribution in [0.25, 0.3) is 11.0 Å². The molecule has 0 fully saturated rings. The number of carbonyl (C=O) groups is 1. The summed E-state index contributed by atoms with van der Waals surface area (Å²) in [5.41, 5.74) is 1.51. The van der Waals surface area contributed by atoms with Crippen molar-refractivity contribution in [3.63, 3.8) is 0 Å². The van der Waals surface area contributed by atoms with Gasteiger partial charge in [0.15, 0.2) is 5.78 Å². The highest BCUT2D eigenvalue weighted by molar-refractivity contribution is 6.33. The number of nitrogens with one attached hydrogen (secondary N) is 2. The fraction of sp³-hybridized carbons (Fsp3) is 0.200. The Hall–Kier alpha value is -1.55. The number of aromatic amines is 2. The minimum atomic E-state index is -0.562. The van der Waals surface area contributed by atoms with Gasteiger partial charge in [0.2, 0.25) is 0 Å². The molecule has 15 heavy (non-hydrogen) atoms. The fourth-order valence-corrected chi connectivity index (χ4v) is 1.54. The number of benzene rings is 1.